The maximum Gasteiger partial charge on any atom is 0.257 e. The van der Waals surface area contributed by atoms with E-state index < -0.39 is 0 Å². The Kier molecular flexibility index (Phi) is 5.75. The van der Waals surface area contributed by atoms with Gasteiger partial charge in [-0.2, -0.15) is 0 Å². The molecule has 0 saturated carbocycles. The van der Waals surface area contributed by atoms with Crippen LogP contribution in [-0.2, 0) is 4.74 Å². The Hall–Kier alpha value is -2.69. The molecule has 0 bridgehead atoms. The number of thioether (sulfide) groups is 1. The summed E-state index contributed by atoms with van der Waals surface area (Å²) in [6.45, 7) is 7.10. The van der Waals surface area contributed by atoms with Gasteiger partial charge in [-0.3, -0.25) is 4.57 Å². The fraction of sp³-hybridized carbons (Fsp3) is 0.333. The molecule has 0 N–H and O–H groups in total. The fourth-order valence-electron chi connectivity index (χ4n) is 3.44. The Labute approximate surface area is 188 Å². The molecule has 1 saturated heterocycles. The number of morpholine rings is 1. The molecule has 1 aliphatic rings. The smallest absolute Gasteiger partial charge is 0.257 e. The van der Waals surface area contributed by atoms with E-state index in [2.05, 4.69) is 48.9 Å². The molecule has 4 heterocycles. The first-order valence-corrected chi connectivity index (χ1v) is 11.8. The zero-order valence-corrected chi connectivity index (χ0v) is 18.9. The van der Waals surface area contributed by atoms with E-state index in [4.69, 9.17) is 9.15 Å². The SMILES string of the molecule is Cc1ccccc1-n1c(S[C@H](C)c2nnc(-c3cccs3)o2)nnc1N1CCOCC1. The second kappa shape index (κ2) is 8.81. The molecule has 0 spiro atoms. The first-order chi connectivity index (χ1) is 15.2. The van der Waals surface area contributed by atoms with E-state index >= 15 is 0 Å². The average molecular weight is 455 g/mol. The Bertz CT molecular complexity index is 1150. The molecule has 0 aliphatic carbocycles. The third-order valence-corrected chi connectivity index (χ3v) is 6.96. The van der Waals surface area contributed by atoms with Crippen molar-refractivity contribution in [3.63, 3.8) is 0 Å². The van der Waals surface area contributed by atoms with Crippen LogP contribution >= 0.6 is 23.1 Å². The van der Waals surface area contributed by atoms with Gasteiger partial charge in [0.1, 0.15) is 0 Å². The second-order valence-electron chi connectivity index (χ2n) is 7.19. The fourth-order valence-corrected chi connectivity index (χ4v) is 4.97. The van der Waals surface area contributed by atoms with Gasteiger partial charge in [0, 0.05) is 13.1 Å². The molecular formula is C21H22N6O2S2. The number of aromatic nitrogens is 5. The average Bonchev–Trinajstić information content (AvgIpc) is 3.55. The van der Waals surface area contributed by atoms with Crippen molar-refractivity contribution in [3.05, 3.63) is 53.2 Å². The van der Waals surface area contributed by atoms with Crippen LogP contribution in [0.15, 0.2) is 51.4 Å². The molecular weight excluding hydrogens is 432 g/mol. The van der Waals surface area contributed by atoms with Gasteiger partial charge in [0.05, 0.1) is 29.0 Å². The van der Waals surface area contributed by atoms with Crippen LogP contribution in [0.5, 0.6) is 0 Å². The van der Waals surface area contributed by atoms with Gasteiger partial charge in [-0.15, -0.1) is 31.7 Å². The Balaban J connectivity index is 1.47. The van der Waals surface area contributed by atoms with Gasteiger partial charge >= 0.3 is 0 Å². The highest BCUT2D eigenvalue weighted by Gasteiger charge is 2.25. The monoisotopic (exact) mass is 454 g/mol. The molecule has 160 valence electrons. The van der Waals surface area contributed by atoms with E-state index in [9.17, 15) is 0 Å². The number of hydrogen-bond acceptors (Lipinski definition) is 9. The third kappa shape index (κ3) is 4.10. The van der Waals surface area contributed by atoms with Crippen molar-refractivity contribution >= 4 is 29.0 Å². The van der Waals surface area contributed by atoms with Crippen LogP contribution in [0, 0.1) is 6.92 Å². The number of anilines is 1. The van der Waals surface area contributed by atoms with E-state index in [0.717, 1.165) is 40.3 Å². The summed E-state index contributed by atoms with van der Waals surface area (Å²) in [5.74, 6) is 1.95. The van der Waals surface area contributed by atoms with Crippen molar-refractivity contribution in [2.75, 3.05) is 31.2 Å². The number of nitrogens with zero attached hydrogens (tertiary/aromatic N) is 6. The molecule has 4 aromatic rings. The van der Waals surface area contributed by atoms with E-state index in [0.29, 0.717) is 25.0 Å². The zero-order valence-electron chi connectivity index (χ0n) is 17.3. The highest BCUT2D eigenvalue weighted by atomic mass is 32.2. The highest BCUT2D eigenvalue weighted by molar-refractivity contribution is 7.99. The van der Waals surface area contributed by atoms with Gasteiger partial charge in [-0.25, -0.2) is 0 Å². The highest BCUT2D eigenvalue weighted by Crippen LogP contribution is 2.38. The van der Waals surface area contributed by atoms with E-state index in [-0.39, 0.29) is 5.25 Å². The molecule has 3 aromatic heterocycles. The first kappa shape index (κ1) is 20.2. The quantitative estimate of drug-likeness (QED) is 0.397. The number of para-hydroxylation sites is 1. The molecule has 10 heteroatoms. The zero-order chi connectivity index (χ0) is 21.2. The van der Waals surface area contributed by atoms with Crippen LogP contribution < -0.4 is 4.90 Å². The van der Waals surface area contributed by atoms with Crippen LogP contribution in [0.1, 0.15) is 23.6 Å². The topological polar surface area (TPSA) is 82.1 Å². The molecule has 1 aliphatic heterocycles. The minimum absolute atomic E-state index is 0.0780. The van der Waals surface area contributed by atoms with Crippen molar-refractivity contribution in [2.45, 2.75) is 24.3 Å². The van der Waals surface area contributed by atoms with Crippen LogP contribution in [0.4, 0.5) is 5.95 Å². The normalized spacial score (nSPS) is 15.4. The predicted octanol–water partition coefficient (Wildman–Crippen LogP) is 4.38. The number of rotatable bonds is 6. The van der Waals surface area contributed by atoms with Crippen LogP contribution in [0.3, 0.4) is 0 Å². The van der Waals surface area contributed by atoms with Crippen LogP contribution in [0.2, 0.25) is 0 Å². The number of benzene rings is 1. The molecule has 8 nitrogen and oxygen atoms in total. The van der Waals surface area contributed by atoms with E-state index in [1.807, 2.05) is 36.6 Å². The summed E-state index contributed by atoms with van der Waals surface area (Å²) in [4.78, 5) is 3.19. The molecule has 0 radical (unpaired) electrons. The van der Waals surface area contributed by atoms with Crippen molar-refractivity contribution < 1.29 is 9.15 Å². The van der Waals surface area contributed by atoms with Crippen molar-refractivity contribution in [3.8, 4) is 16.5 Å². The van der Waals surface area contributed by atoms with Crippen LogP contribution in [0.25, 0.3) is 16.5 Å². The summed E-state index contributed by atoms with van der Waals surface area (Å²) in [7, 11) is 0. The molecule has 5 rings (SSSR count). The molecule has 1 aromatic carbocycles. The van der Waals surface area contributed by atoms with Crippen molar-refractivity contribution in [1.29, 1.82) is 0 Å². The van der Waals surface area contributed by atoms with Gasteiger partial charge in [0.25, 0.3) is 5.89 Å². The lowest BCUT2D eigenvalue weighted by Crippen LogP contribution is -2.38. The summed E-state index contributed by atoms with van der Waals surface area (Å²) in [5.41, 5.74) is 2.22. The van der Waals surface area contributed by atoms with Gasteiger partial charge in [0.2, 0.25) is 11.8 Å². The van der Waals surface area contributed by atoms with Gasteiger partial charge in [0.15, 0.2) is 5.16 Å². The second-order valence-corrected chi connectivity index (χ2v) is 9.44. The minimum Gasteiger partial charge on any atom is -0.419 e. The van der Waals surface area contributed by atoms with Crippen molar-refractivity contribution in [1.82, 2.24) is 25.0 Å². The lowest BCUT2D eigenvalue weighted by atomic mass is 10.2. The summed E-state index contributed by atoms with van der Waals surface area (Å²) in [6, 6.07) is 12.2. The summed E-state index contributed by atoms with van der Waals surface area (Å²) >= 11 is 3.14. The lowest BCUT2D eigenvalue weighted by Gasteiger charge is -2.28. The maximum absolute atomic E-state index is 5.94. The van der Waals surface area contributed by atoms with Crippen LogP contribution in [-0.4, -0.2) is 51.3 Å². The third-order valence-electron chi connectivity index (χ3n) is 5.07. The summed E-state index contributed by atoms with van der Waals surface area (Å²) in [5, 5.41) is 20.3. The van der Waals surface area contributed by atoms with Crippen molar-refractivity contribution in [2.24, 2.45) is 0 Å². The molecule has 31 heavy (non-hydrogen) atoms. The molecule has 1 atom stereocenters. The predicted molar refractivity (Wildman–Crippen MR) is 121 cm³/mol. The molecule has 0 unspecified atom stereocenters. The first-order valence-electron chi connectivity index (χ1n) is 10.1. The maximum atomic E-state index is 5.94. The van der Waals surface area contributed by atoms with Gasteiger partial charge < -0.3 is 14.1 Å². The Morgan fingerprint density at radius 3 is 2.65 bits per heavy atom. The lowest BCUT2D eigenvalue weighted by molar-refractivity contribution is 0.122. The minimum atomic E-state index is -0.0780. The van der Waals surface area contributed by atoms with E-state index in [1.165, 1.54) is 0 Å². The number of thiophene rings is 1. The van der Waals surface area contributed by atoms with E-state index in [1.54, 1.807) is 23.1 Å². The number of hydrogen-bond donors (Lipinski definition) is 0. The number of ether oxygens (including phenoxy) is 1. The Morgan fingerprint density at radius 1 is 1.03 bits per heavy atom. The summed E-state index contributed by atoms with van der Waals surface area (Å²) < 4.78 is 13.6. The van der Waals surface area contributed by atoms with Gasteiger partial charge in [-0.1, -0.05) is 36.0 Å². The summed E-state index contributed by atoms with van der Waals surface area (Å²) in [6.07, 6.45) is 0. The standard InChI is InChI=1S/C21H22N6O2S2/c1-14-6-3-4-7-16(14)27-20(26-9-11-28-12-10-26)24-25-21(27)31-15(2)18-22-23-19(29-18)17-8-5-13-30-17/h3-8,13,15H,9-12H2,1-2H3/t15-/m1/s1. The largest absolute Gasteiger partial charge is 0.419 e. The molecule has 0 amide bonds. The molecule has 1 fully saturated rings. The number of aryl methyl sites for hydroxylation is 1. The van der Waals surface area contributed by atoms with Gasteiger partial charge in [-0.05, 0) is 36.9 Å². The Morgan fingerprint density at radius 2 is 1.87 bits per heavy atom.